The van der Waals surface area contributed by atoms with Crippen molar-refractivity contribution >= 4 is 22.6 Å². The van der Waals surface area contributed by atoms with Crippen molar-refractivity contribution in [2.24, 2.45) is 0 Å². The molecule has 1 N–H and O–H groups in total. The normalized spacial score (nSPS) is 10.7. The first-order valence-electron chi connectivity index (χ1n) is 5.71. The number of benzene rings is 1. The van der Waals surface area contributed by atoms with Crippen LogP contribution in [0.1, 0.15) is 19.0 Å². The van der Waals surface area contributed by atoms with Gasteiger partial charge in [0.25, 0.3) is 0 Å². The van der Waals surface area contributed by atoms with Gasteiger partial charge in [0.1, 0.15) is 6.26 Å². The van der Waals surface area contributed by atoms with Gasteiger partial charge in [0, 0.05) is 10.1 Å². The molecule has 2 rings (SSSR count). The Labute approximate surface area is 115 Å². The van der Waals surface area contributed by atoms with Gasteiger partial charge in [-0.2, -0.15) is 0 Å². The number of halogens is 1. The molecular formula is C13H15IN2O. The van der Waals surface area contributed by atoms with E-state index in [1.165, 1.54) is 0 Å². The molecule has 0 saturated heterocycles. The van der Waals surface area contributed by atoms with E-state index in [4.69, 9.17) is 4.42 Å². The zero-order valence-electron chi connectivity index (χ0n) is 9.74. The smallest absolute Gasteiger partial charge is 0.227 e. The van der Waals surface area contributed by atoms with Crippen LogP contribution < -0.4 is 5.32 Å². The Morgan fingerprint density at radius 1 is 1.35 bits per heavy atom. The van der Waals surface area contributed by atoms with Gasteiger partial charge in [0.05, 0.1) is 11.3 Å². The van der Waals surface area contributed by atoms with Crippen molar-refractivity contribution < 1.29 is 4.42 Å². The van der Waals surface area contributed by atoms with E-state index < -0.39 is 0 Å². The van der Waals surface area contributed by atoms with Crippen LogP contribution in [-0.2, 0) is 6.54 Å². The van der Waals surface area contributed by atoms with E-state index in [-0.39, 0.29) is 0 Å². The lowest BCUT2D eigenvalue weighted by molar-refractivity contribution is 0.569. The van der Waals surface area contributed by atoms with E-state index in [9.17, 15) is 0 Å². The van der Waals surface area contributed by atoms with Crippen molar-refractivity contribution in [3.05, 3.63) is 39.8 Å². The number of nitrogens with one attached hydrogen (secondary N) is 1. The molecular weight excluding hydrogens is 327 g/mol. The van der Waals surface area contributed by atoms with Crippen LogP contribution in [0.5, 0.6) is 0 Å². The van der Waals surface area contributed by atoms with Gasteiger partial charge < -0.3 is 9.73 Å². The average molecular weight is 342 g/mol. The zero-order chi connectivity index (χ0) is 12.1. The summed E-state index contributed by atoms with van der Waals surface area (Å²) in [5.74, 6) is 0.697. The standard InChI is InChI=1S/C13H15IN2O/c1-2-7-15-8-10-9-17-13(16-10)11-5-3-4-6-12(11)14/h3-6,9,15H,2,7-8H2,1H3. The first-order valence-corrected chi connectivity index (χ1v) is 6.79. The molecule has 0 spiro atoms. The molecule has 4 heteroatoms. The topological polar surface area (TPSA) is 38.1 Å². The molecule has 1 aromatic carbocycles. The van der Waals surface area contributed by atoms with E-state index >= 15 is 0 Å². The lowest BCUT2D eigenvalue weighted by Gasteiger charge is -1.98. The van der Waals surface area contributed by atoms with Gasteiger partial charge >= 0.3 is 0 Å². The van der Waals surface area contributed by atoms with Crippen molar-refractivity contribution in [2.45, 2.75) is 19.9 Å². The molecule has 0 radical (unpaired) electrons. The molecule has 0 fully saturated rings. The molecule has 0 unspecified atom stereocenters. The van der Waals surface area contributed by atoms with Gasteiger partial charge in [-0.3, -0.25) is 0 Å². The predicted molar refractivity (Wildman–Crippen MR) is 76.7 cm³/mol. The Balaban J connectivity index is 2.10. The highest BCUT2D eigenvalue weighted by molar-refractivity contribution is 14.1. The fraction of sp³-hybridized carbons (Fsp3) is 0.308. The van der Waals surface area contributed by atoms with Crippen LogP contribution in [0.3, 0.4) is 0 Å². The van der Waals surface area contributed by atoms with Crippen molar-refractivity contribution in [3.8, 4) is 11.5 Å². The molecule has 0 atom stereocenters. The van der Waals surface area contributed by atoms with Crippen LogP contribution in [0.25, 0.3) is 11.5 Å². The third-order valence-corrected chi connectivity index (χ3v) is 3.33. The number of hydrogen-bond acceptors (Lipinski definition) is 3. The number of aromatic nitrogens is 1. The summed E-state index contributed by atoms with van der Waals surface area (Å²) in [5.41, 5.74) is 2.00. The molecule has 0 aliphatic heterocycles. The molecule has 0 saturated carbocycles. The summed E-state index contributed by atoms with van der Waals surface area (Å²) >= 11 is 2.29. The summed E-state index contributed by atoms with van der Waals surface area (Å²) < 4.78 is 6.66. The SMILES string of the molecule is CCCNCc1coc(-c2ccccc2I)n1. The Morgan fingerprint density at radius 3 is 2.94 bits per heavy atom. The zero-order valence-corrected chi connectivity index (χ0v) is 11.9. The monoisotopic (exact) mass is 342 g/mol. The molecule has 0 bridgehead atoms. The summed E-state index contributed by atoms with van der Waals surface area (Å²) in [5, 5.41) is 3.31. The summed E-state index contributed by atoms with van der Waals surface area (Å²) in [6, 6.07) is 8.08. The van der Waals surface area contributed by atoms with Gasteiger partial charge in [-0.25, -0.2) is 4.98 Å². The number of rotatable bonds is 5. The molecule has 3 nitrogen and oxygen atoms in total. The van der Waals surface area contributed by atoms with Crippen LogP contribution in [0, 0.1) is 3.57 Å². The molecule has 2 aromatic rings. The first-order chi connectivity index (χ1) is 8.31. The predicted octanol–water partition coefficient (Wildman–Crippen LogP) is 3.45. The summed E-state index contributed by atoms with van der Waals surface area (Å²) in [7, 11) is 0. The van der Waals surface area contributed by atoms with Crippen molar-refractivity contribution in [3.63, 3.8) is 0 Å². The van der Waals surface area contributed by atoms with E-state index in [0.29, 0.717) is 5.89 Å². The maximum atomic E-state index is 5.51. The maximum Gasteiger partial charge on any atom is 0.227 e. The highest BCUT2D eigenvalue weighted by atomic mass is 127. The molecule has 0 aliphatic rings. The first kappa shape index (κ1) is 12.6. The van der Waals surface area contributed by atoms with E-state index in [1.54, 1.807) is 6.26 Å². The fourth-order valence-electron chi connectivity index (χ4n) is 1.54. The molecule has 0 aliphatic carbocycles. The molecule has 1 aromatic heterocycles. The van der Waals surface area contributed by atoms with Gasteiger partial charge in [-0.15, -0.1) is 0 Å². The molecule has 90 valence electrons. The summed E-state index contributed by atoms with van der Waals surface area (Å²) in [4.78, 5) is 4.48. The maximum absolute atomic E-state index is 5.51. The number of hydrogen-bond donors (Lipinski definition) is 1. The summed E-state index contributed by atoms with van der Waals surface area (Å²) in [6.45, 7) is 3.92. The van der Waals surface area contributed by atoms with Gasteiger partial charge in [-0.1, -0.05) is 19.1 Å². The van der Waals surface area contributed by atoms with Crippen LogP contribution in [-0.4, -0.2) is 11.5 Å². The second-order valence-corrected chi connectivity index (χ2v) is 4.96. The van der Waals surface area contributed by atoms with Gasteiger partial charge in [-0.05, 0) is 47.7 Å². The molecule has 17 heavy (non-hydrogen) atoms. The van der Waals surface area contributed by atoms with E-state index in [0.717, 1.165) is 34.3 Å². The van der Waals surface area contributed by atoms with Gasteiger partial charge in [0.15, 0.2) is 0 Å². The Kier molecular flexibility index (Phi) is 4.56. The van der Waals surface area contributed by atoms with Crippen molar-refractivity contribution in [1.29, 1.82) is 0 Å². The van der Waals surface area contributed by atoms with E-state index in [1.807, 2.05) is 18.2 Å². The van der Waals surface area contributed by atoms with E-state index in [2.05, 4.69) is 45.9 Å². The number of nitrogens with zero attached hydrogens (tertiary/aromatic N) is 1. The molecule has 0 amide bonds. The van der Waals surface area contributed by atoms with Crippen LogP contribution in [0.4, 0.5) is 0 Å². The lowest BCUT2D eigenvalue weighted by Crippen LogP contribution is -2.13. The fourth-order valence-corrected chi connectivity index (χ4v) is 2.16. The minimum atomic E-state index is 0.697. The Morgan fingerprint density at radius 2 is 2.18 bits per heavy atom. The lowest BCUT2D eigenvalue weighted by atomic mass is 10.2. The van der Waals surface area contributed by atoms with Gasteiger partial charge in [0.2, 0.25) is 5.89 Å². The molecule has 1 heterocycles. The highest BCUT2D eigenvalue weighted by Crippen LogP contribution is 2.24. The average Bonchev–Trinajstić information content (AvgIpc) is 2.79. The third-order valence-electron chi connectivity index (χ3n) is 2.39. The second kappa shape index (κ2) is 6.16. The third kappa shape index (κ3) is 3.29. The van der Waals surface area contributed by atoms with Crippen molar-refractivity contribution in [2.75, 3.05) is 6.54 Å². The van der Waals surface area contributed by atoms with Crippen LogP contribution in [0.15, 0.2) is 34.9 Å². The minimum absolute atomic E-state index is 0.697. The highest BCUT2D eigenvalue weighted by Gasteiger charge is 2.08. The Hall–Kier alpha value is -0.880. The van der Waals surface area contributed by atoms with Crippen LogP contribution in [0.2, 0.25) is 0 Å². The quantitative estimate of drug-likeness (QED) is 0.668. The number of oxazole rings is 1. The van der Waals surface area contributed by atoms with Crippen molar-refractivity contribution in [1.82, 2.24) is 10.3 Å². The van der Waals surface area contributed by atoms with Crippen LogP contribution >= 0.6 is 22.6 Å². The minimum Gasteiger partial charge on any atom is -0.444 e. The summed E-state index contributed by atoms with van der Waals surface area (Å²) in [6.07, 6.45) is 2.85. The largest absolute Gasteiger partial charge is 0.444 e. The Bertz CT molecular complexity index is 482. The second-order valence-electron chi connectivity index (χ2n) is 3.80.